The number of aryl methyl sites for hydroxylation is 2. The van der Waals surface area contributed by atoms with Gasteiger partial charge in [-0.15, -0.1) is 0 Å². The van der Waals surface area contributed by atoms with E-state index >= 15 is 0 Å². The van der Waals surface area contributed by atoms with Crippen LogP contribution in [0.4, 0.5) is 34.1 Å². The fourth-order valence-corrected chi connectivity index (χ4v) is 9.81. The maximum atomic E-state index is 6.47. The Hall–Kier alpha value is -6.87. The lowest BCUT2D eigenvalue weighted by Crippen LogP contribution is -2.41. The summed E-state index contributed by atoms with van der Waals surface area (Å²) in [6.45, 7) is 21.0. The Morgan fingerprint density at radius 3 is 1.10 bits per heavy atom. The molecule has 71 heavy (non-hydrogen) atoms. The summed E-state index contributed by atoms with van der Waals surface area (Å²) >= 11 is 0. The summed E-state index contributed by atoms with van der Waals surface area (Å²) in [5.41, 5.74) is 14.6. The van der Waals surface area contributed by atoms with Crippen molar-refractivity contribution >= 4 is 81.1 Å². The molecule has 0 radical (unpaired) electrons. The van der Waals surface area contributed by atoms with Crippen molar-refractivity contribution in [3.05, 3.63) is 199 Å². The van der Waals surface area contributed by atoms with Crippen LogP contribution in [0, 0.1) is 13.8 Å². The van der Waals surface area contributed by atoms with E-state index in [9.17, 15) is 0 Å². The first-order valence-corrected chi connectivity index (χ1v) is 24.8. The third-order valence-corrected chi connectivity index (χ3v) is 15.4. The molecule has 9 heteroatoms. The molecule has 8 aromatic carbocycles. The quantitative estimate of drug-likeness (QED) is 0.127. The van der Waals surface area contributed by atoms with Crippen LogP contribution >= 0.6 is 0 Å². The van der Waals surface area contributed by atoms with Gasteiger partial charge in [0, 0.05) is 50.6 Å². The van der Waals surface area contributed by atoms with Crippen molar-refractivity contribution in [1.29, 1.82) is 0 Å². The first-order chi connectivity index (χ1) is 33.9. The second-order valence-corrected chi connectivity index (χ2v) is 21.4. The lowest BCUT2D eigenvalue weighted by atomic mass is 9.79. The summed E-state index contributed by atoms with van der Waals surface area (Å²) in [6.07, 6.45) is 0. The van der Waals surface area contributed by atoms with Gasteiger partial charge in [0.25, 0.3) is 0 Å². The van der Waals surface area contributed by atoms with Gasteiger partial charge < -0.3 is 33.0 Å². The highest BCUT2D eigenvalue weighted by atomic mass is 16.7. The number of rotatable bonds is 10. The molecule has 0 unspecified atom stereocenters. The van der Waals surface area contributed by atoms with Gasteiger partial charge in [-0.25, -0.2) is 0 Å². The lowest BCUT2D eigenvalue weighted by Gasteiger charge is -2.32. The Morgan fingerprint density at radius 1 is 0.352 bits per heavy atom. The van der Waals surface area contributed by atoms with Crippen LogP contribution in [0.5, 0.6) is 0 Å². The summed E-state index contributed by atoms with van der Waals surface area (Å²) < 4.78 is 28.3. The van der Waals surface area contributed by atoms with Crippen molar-refractivity contribution in [2.45, 2.75) is 91.6 Å². The van der Waals surface area contributed by atoms with Gasteiger partial charge in [0.05, 0.1) is 33.4 Å². The highest BCUT2D eigenvalue weighted by Gasteiger charge is 2.52. The summed E-state index contributed by atoms with van der Waals surface area (Å²) in [6, 6.07) is 68.1. The monoisotopic (exact) mass is 933 g/mol. The van der Waals surface area contributed by atoms with Crippen molar-refractivity contribution in [2.75, 3.05) is 9.80 Å². The number of hydrogen-bond acceptors (Lipinski definition) is 6. The summed E-state index contributed by atoms with van der Waals surface area (Å²) in [7, 11) is -0.905. The van der Waals surface area contributed by atoms with E-state index in [-0.39, 0.29) is 0 Å². The van der Waals surface area contributed by atoms with E-state index in [4.69, 9.17) is 18.6 Å². The molecule has 0 N–H and O–H groups in total. The topological polar surface area (TPSA) is 48.3 Å². The van der Waals surface area contributed by atoms with Crippen LogP contribution in [-0.4, -0.2) is 41.2 Å². The van der Waals surface area contributed by atoms with E-state index < -0.39 is 36.6 Å². The number of aromatic nitrogens is 1. The standard InChI is InChI=1S/C62H61B2N3O4/c1-42-19-27-48(28-20-42)65(50-31-23-46(24-32-50)63-68-59(3,4)60(5,6)69-63)53-35-37-57-55(40-53)56-41-54(36-38-58(56)67(57)52-18-14-17-45(39-52)44-15-12-11-13-16-44)66(49-29-21-43(2)22-30-49)51-33-25-47(26-34-51)64-70-61(7,8)62(9,10)71-64/h11-41H,1-10H3. The summed E-state index contributed by atoms with van der Waals surface area (Å²) in [4.78, 5) is 4.69. The molecule has 2 aliphatic rings. The van der Waals surface area contributed by atoms with Gasteiger partial charge >= 0.3 is 14.2 Å². The van der Waals surface area contributed by atoms with E-state index in [2.05, 4.69) is 272 Å². The summed E-state index contributed by atoms with van der Waals surface area (Å²) in [5, 5.41) is 2.27. The first kappa shape index (κ1) is 46.5. The van der Waals surface area contributed by atoms with Gasteiger partial charge in [-0.05, 0) is 188 Å². The molecule has 2 aliphatic heterocycles. The molecule has 0 amide bonds. The number of hydrogen-bond donors (Lipinski definition) is 0. The maximum Gasteiger partial charge on any atom is 0.494 e. The molecular formula is C62H61B2N3O4. The minimum atomic E-state index is -0.452. The van der Waals surface area contributed by atoms with Crippen molar-refractivity contribution in [1.82, 2.24) is 4.57 Å². The molecule has 354 valence electrons. The van der Waals surface area contributed by atoms with E-state index in [1.807, 2.05) is 0 Å². The van der Waals surface area contributed by atoms with Crippen molar-refractivity contribution in [3.63, 3.8) is 0 Å². The Kier molecular flexibility index (Phi) is 11.4. The molecule has 9 aromatic rings. The zero-order valence-electron chi connectivity index (χ0n) is 42.5. The molecule has 7 nitrogen and oxygen atoms in total. The Bertz CT molecular complexity index is 3180. The number of fused-ring (bicyclic) bond motifs is 3. The van der Waals surface area contributed by atoms with Gasteiger partial charge in [0.15, 0.2) is 0 Å². The molecule has 2 fully saturated rings. The highest BCUT2D eigenvalue weighted by molar-refractivity contribution is 6.62. The second kappa shape index (κ2) is 17.5. The molecule has 0 aliphatic carbocycles. The Labute approximate surface area is 419 Å². The zero-order valence-corrected chi connectivity index (χ0v) is 42.5. The van der Waals surface area contributed by atoms with Crippen LogP contribution in [0.2, 0.25) is 0 Å². The van der Waals surface area contributed by atoms with E-state index in [1.54, 1.807) is 0 Å². The zero-order chi connectivity index (χ0) is 49.5. The van der Waals surface area contributed by atoms with E-state index in [1.165, 1.54) is 16.7 Å². The van der Waals surface area contributed by atoms with Gasteiger partial charge in [0.2, 0.25) is 0 Å². The predicted molar refractivity (Wildman–Crippen MR) is 296 cm³/mol. The van der Waals surface area contributed by atoms with Crippen molar-refractivity contribution < 1.29 is 18.6 Å². The molecule has 1 aromatic heterocycles. The smallest absolute Gasteiger partial charge is 0.399 e. The minimum Gasteiger partial charge on any atom is -0.399 e. The van der Waals surface area contributed by atoms with E-state index in [0.29, 0.717) is 0 Å². The molecule has 0 atom stereocenters. The minimum absolute atomic E-state index is 0.432. The Morgan fingerprint density at radius 2 is 0.704 bits per heavy atom. The van der Waals surface area contributed by atoms with Gasteiger partial charge in [-0.2, -0.15) is 0 Å². The van der Waals surface area contributed by atoms with Crippen LogP contribution < -0.4 is 20.7 Å². The first-order valence-electron chi connectivity index (χ1n) is 24.8. The van der Waals surface area contributed by atoms with Crippen LogP contribution in [0.25, 0.3) is 38.6 Å². The largest absolute Gasteiger partial charge is 0.494 e. The Balaban J connectivity index is 1.07. The number of nitrogens with zero attached hydrogens (tertiary/aromatic N) is 3. The van der Waals surface area contributed by atoms with E-state index in [0.717, 1.165) is 78.1 Å². The average Bonchev–Trinajstić information content (AvgIpc) is 3.89. The lowest BCUT2D eigenvalue weighted by molar-refractivity contribution is 0.00578. The fraction of sp³-hybridized carbons (Fsp3) is 0.226. The molecular weight excluding hydrogens is 872 g/mol. The van der Waals surface area contributed by atoms with Crippen LogP contribution in [0.15, 0.2) is 188 Å². The SMILES string of the molecule is Cc1ccc(N(c2ccc(B3OC(C)(C)C(C)(C)O3)cc2)c2ccc3c(c2)c2cc(N(c4ccc(C)cc4)c4ccc(B5OC(C)(C)C(C)(C)O5)cc4)ccc2n3-c2cccc(-c3ccccc3)c2)cc1. The van der Waals surface area contributed by atoms with Gasteiger partial charge in [0.1, 0.15) is 0 Å². The highest BCUT2D eigenvalue weighted by Crippen LogP contribution is 2.44. The fourth-order valence-electron chi connectivity index (χ4n) is 9.81. The van der Waals surface area contributed by atoms with Crippen LogP contribution in [-0.2, 0) is 18.6 Å². The maximum absolute atomic E-state index is 6.47. The predicted octanol–water partition coefficient (Wildman–Crippen LogP) is 14.6. The molecule has 0 bridgehead atoms. The average molecular weight is 934 g/mol. The van der Waals surface area contributed by atoms with Crippen molar-refractivity contribution in [2.24, 2.45) is 0 Å². The van der Waals surface area contributed by atoms with Crippen LogP contribution in [0.1, 0.15) is 66.5 Å². The van der Waals surface area contributed by atoms with Crippen molar-refractivity contribution in [3.8, 4) is 16.8 Å². The number of anilines is 6. The summed E-state index contributed by atoms with van der Waals surface area (Å²) in [5.74, 6) is 0. The molecule has 0 spiro atoms. The van der Waals surface area contributed by atoms with Crippen LogP contribution in [0.3, 0.4) is 0 Å². The molecule has 11 rings (SSSR count). The third kappa shape index (κ3) is 8.45. The third-order valence-electron chi connectivity index (χ3n) is 15.4. The molecule has 0 saturated carbocycles. The molecule has 2 saturated heterocycles. The molecule has 3 heterocycles. The van der Waals surface area contributed by atoms with Gasteiger partial charge in [-0.1, -0.05) is 102 Å². The second-order valence-electron chi connectivity index (χ2n) is 21.4. The normalized spacial score (nSPS) is 16.8. The number of benzene rings is 8. The van der Waals surface area contributed by atoms with Gasteiger partial charge in [-0.3, -0.25) is 0 Å².